The molecule has 194 valence electrons. The largest absolute Gasteiger partial charge is 0.377 e. The number of nitrogens with zero attached hydrogens (tertiary/aromatic N) is 3. The van der Waals surface area contributed by atoms with Crippen LogP contribution in [0.15, 0.2) is 42.7 Å². The maximum atomic E-state index is 5.98. The van der Waals surface area contributed by atoms with E-state index in [1.54, 1.807) is 0 Å². The topological polar surface area (TPSA) is 42.3 Å². The van der Waals surface area contributed by atoms with Gasteiger partial charge in [-0.15, -0.1) is 0 Å². The van der Waals surface area contributed by atoms with Crippen LogP contribution in [-0.4, -0.2) is 44.8 Å². The Morgan fingerprint density at radius 2 is 1.69 bits per heavy atom. The van der Waals surface area contributed by atoms with Crippen molar-refractivity contribution in [3.8, 4) is 0 Å². The van der Waals surface area contributed by atoms with Crippen molar-refractivity contribution in [2.75, 3.05) is 19.7 Å². The van der Waals surface area contributed by atoms with E-state index in [1.807, 2.05) is 12.3 Å². The summed E-state index contributed by atoms with van der Waals surface area (Å²) in [6.45, 7) is 4.63. The molecule has 5 nitrogen and oxygen atoms in total. The number of nitrogens with one attached hydrogen (secondary N) is 1. The number of aromatic nitrogens is 2. The van der Waals surface area contributed by atoms with Crippen LogP contribution in [0.1, 0.15) is 81.5 Å². The lowest BCUT2D eigenvalue weighted by Crippen LogP contribution is -2.62. The van der Waals surface area contributed by atoms with Crippen molar-refractivity contribution < 1.29 is 4.74 Å². The van der Waals surface area contributed by atoms with Gasteiger partial charge in [0.25, 0.3) is 0 Å². The van der Waals surface area contributed by atoms with Crippen LogP contribution in [-0.2, 0) is 17.9 Å². The van der Waals surface area contributed by atoms with Crippen molar-refractivity contribution in [1.29, 1.82) is 0 Å². The van der Waals surface area contributed by atoms with Gasteiger partial charge in [-0.3, -0.25) is 0 Å². The fourth-order valence-corrected chi connectivity index (χ4v) is 8.43. The average molecular weight is 507 g/mol. The molecule has 0 amide bonds. The van der Waals surface area contributed by atoms with Gasteiger partial charge in [-0.2, -0.15) is 0 Å². The summed E-state index contributed by atoms with van der Waals surface area (Å²) in [5.74, 6) is 4.65. The molecule has 4 aliphatic carbocycles. The first-order valence-corrected chi connectivity index (χ1v) is 14.8. The van der Waals surface area contributed by atoms with Crippen LogP contribution in [0.5, 0.6) is 0 Å². The first-order chi connectivity index (χ1) is 17.7. The summed E-state index contributed by atoms with van der Waals surface area (Å²) in [7, 11) is 0. The molecule has 1 aliphatic heterocycles. The third-order valence-electron chi connectivity index (χ3n) is 9.35. The average Bonchev–Trinajstić information content (AvgIpc) is 3.34. The molecule has 1 saturated heterocycles. The van der Waals surface area contributed by atoms with E-state index in [4.69, 9.17) is 21.9 Å². The van der Waals surface area contributed by atoms with Crippen molar-refractivity contribution in [2.24, 2.45) is 17.8 Å². The zero-order chi connectivity index (χ0) is 24.4. The lowest BCUT2D eigenvalue weighted by atomic mass is 9.53. The second kappa shape index (κ2) is 10.8. The van der Waals surface area contributed by atoms with Crippen LogP contribution in [0.3, 0.4) is 0 Å². The van der Waals surface area contributed by atoms with Crippen molar-refractivity contribution in [3.63, 3.8) is 0 Å². The molecule has 36 heavy (non-hydrogen) atoms. The number of imidazole rings is 1. The minimum absolute atomic E-state index is 0.309. The van der Waals surface area contributed by atoms with E-state index in [1.165, 1.54) is 49.9 Å². The van der Waals surface area contributed by atoms with Crippen molar-refractivity contribution in [2.45, 2.75) is 88.8 Å². The SMILES string of the molecule is S=C(NC12CC3CC(CC(C3)C1)C2)N1CCC(c2nccn2CCCCOCc2ccccc2)CC1. The molecular formula is C30H42N4OS. The highest BCUT2D eigenvalue weighted by atomic mass is 32.1. The number of ether oxygens (including phenoxy) is 1. The predicted molar refractivity (Wildman–Crippen MR) is 148 cm³/mol. The minimum atomic E-state index is 0.309. The van der Waals surface area contributed by atoms with Crippen LogP contribution in [0.4, 0.5) is 0 Å². The molecule has 5 aliphatic rings. The molecule has 1 aromatic carbocycles. The number of hydrogen-bond acceptors (Lipinski definition) is 3. The Labute approximate surface area is 222 Å². The van der Waals surface area contributed by atoms with Gasteiger partial charge in [-0.25, -0.2) is 4.98 Å². The lowest BCUT2D eigenvalue weighted by Gasteiger charge is -2.57. The van der Waals surface area contributed by atoms with Gasteiger partial charge in [0.1, 0.15) is 5.82 Å². The highest BCUT2D eigenvalue weighted by molar-refractivity contribution is 7.80. The zero-order valence-electron chi connectivity index (χ0n) is 21.6. The summed E-state index contributed by atoms with van der Waals surface area (Å²) in [6, 6.07) is 10.4. The number of thiocarbonyl (C=S) groups is 1. The van der Waals surface area contributed by atoms with Crippen LogP contribution in [0.25, 0.3) is 0 Å². The third kappa shape index (κ3) is 5.50. The first kappa shape index (κ1) is 24.4. The Morgan fingerprint density at radius 1 is 1.00 bits per heavy atom. The Balaban J connectivity index is 0.936. The molecule has 6 heteroatoms. The second-order valence-corrected chi connectivity index (χ2v) is 12.5. The fraction of sp³-hybridized carbons (Fsp3) is 0.667. The lowest BCUT2D eigenvalue weighted by molar-refractivity contribution is -0.0113. The smallest absolute Gasteiger partial charge is 0.169 e. The van der Waals surface area contributed by atoms with E-state index in [-0.39, 0.29) is 0 Å². The molecule has 4 bridgehead atoms. The maximum absolute atomic E-state index is 5.98. The van der Waals surface area contributed by atoms with E-state index < -0.39 is 0 Å². The first-order valence-electron chi connectivity index (χ1n) is 14.4. The summed E-state index contributed by atoms with van der Waals surface area (Å²) < 4.78 is 8.24. The standard InChI is InChI=1S/C30H42N4OS/c36-29(32-30-19-24-16-25(20-30)18-26(17-24)21-30)34-12-8-27(9-13-34)28-31-10-14-33(28)11-4-5-15-35-22-23-6-2-1-3-7-23/h1-3,6-7,10,14,24-27H,4-5,8-9,11-13,15-22H2,(H,32,36). The molecular weight excluding hydrogens is 464 g/mol. The number of unbranched alkanes of at least 4 members (excludes halogenated alkanes) is 1. The number of rotatable bonds is 9. The normalized spacial score (nSPS) is 29.6. The highest BCUT2D eigenvalue weighted by Crippen LogP contribution is 2.55. The summed E-state index contributed by atoms with van der Waals surface area (Å²) in [5, 5.41) is 4.96. The molecule has 1 N–H and O–H groups in total. The predicted octanol–water partition coefficient (Wildman–Crippen LogP) is 5.90. The monoisotopic (exact) mass is 506 g/mol. The van der Waals surface area contributed by atoms with Gasteiger partial charge in [-0.1, -0.05) is 30.3 Å². The Hall–Kier alpha value is -1.92. The molecule has 0 unspecified atom stereocenters. The van der Waals surface area contributed by atoms with Gasteiger partial charge >= 0.3 is 0 Å². The van der Waals surface area contributed by atoms with Crippen molar-refractivity contribution in [3.05, 3.63) is 54.1 Å². The maximum Gasteiger partial charge on any atom is 0.169 e. The number of benzene rings is 1. The minimum Gasteiger partial charge on any atom is -0.377 e. The zero-order valence-corrected chi connectivity index (χ0v) is 22.4. The summed E-state index contributed by atoms with van der Waals surface area (Å²) in [5.41, 5.74) is 1.55. The molecule has 2 heterocycles. The van der Waals surface area contributed by atoms with Crippen molar-refractivity contribution in [1.82, 2.24) is 19.8 Å². The fourth-order valence-electron chi connectivity index (χ4n) is 8.03. The van der Waals surface area contributed by atoms with E-state index >= 15 is 0 Å². The van der Waals surface area contributed by atoms with Crippen LogP contribution < -0.4 is 5.32 Å². The molecule has 4 saturated carbocycles. The number of piperidine rings is 1. The Bertz CT molecular complexity index is 978. The highest BCUT2D eigenvalue weighted by Gasteiger charge is 2.51. The van der Waals surface area contributed by atoms with E-state index in [2.05, 4.69) is 45.2 Å². The Kier molecular flexibility index (Phi) is 7.34. The molecule has 1 aromatic heterocycles. The van der Waals surface area contributed by atoms with Crippen molar-refractivity contribution >= 4 is 17.3 Å². The van der Waals surface area contributed by atoms with Gasteiger partial charge < -0.3 is 19.5 Å². The van der Waals surface area contributed by atoms with Gasteiger partial charge in [0.15, 0.2) is 5.11 Å². The molecule has 0 radical (unpaired) electrons. The van der Waals surface area contributed by atoms with Gasteiger partial charge in [0, 0.05) is 50.1 Å². The van der Waals surface area contributed by atoms with Crippen LogP contribution >= 0.6 is 12.2 Å². The molecule has 0 atom stereocenters. The third-order valence-corrected chi connectivity index (χ3v) is 9.71. The summed E-state index contributed by atoms with van der Waals surface area (Å²) >= 11 is 5.98. The number of likely N-dealkylation sites (tertiary alicyclic amines) is 1. The second-order valence-electron chi connectivity index (χ2n) is 12.1. The summed E-state index contributed by atoms with van der Waals surface area (Å²) in [4.78, 5) is 7.22. The Morgan fingerprint density at radius 3 is 2.39 bits per heavy atom. The van der Waals surface area contributed by atoms with E-state index in [0.717, 1.165) is 74.8 Å². The molecule has 5 fully saturated rings. The molecule has 0 spiro atoms. The molecule has 7 rings (SSSR count). The quantitative estimate of drug-likeness (QED) is 0.339. The van der Waals surface area contributed by atoms with E-state index in [9.17, 15) is 0 Å². The van der Waals surface area contributed by atoms with Gasteiger partial charge in [0.2, 0.25) is 0 Å². The van der Waals surface area contributed by atoms with Crippen LogP contribution in [0.2, 0.25) is 0 Å². The molecule has 2 aromatic rings. The van der Waals surface area contributed by atoms with Gasteiger partial charge in [-0.05, 0) is 99.7 Å². The number of aryl methyl sites for hydroxylation is 1. The van der Waals surface area contributed by atoms with E-state index in [0.29, 0.717) is 18.1 Å². The van der Waals surface area contributed by atoms with Crippen LogP contribution in [0, 0.1) is 17.8 Å². The summed E-state index contributed by atoms with van der Waals surface area (Å²) in [6.07, 6.45) is 17.1. The van der Waals surface area contributed by atoms with Gasteiger partial charge in [0.05, 0.1) is 6.61 Å². The number of hydrogen-bond donors (Lipinski definition) is 1.